The quantitative estimate of drug-likeness (QED) is 0.775. The zero-order valence-electron chi connectivity index (χ0n) is 10.7. The minimum Gasteiger partial charge on any atom is -0.467 e. The van der Waals surface area contributed by atoms with Gasteiger partial charge in [0.2, 0.25) is 0 Å². The van der Waals surface area contributed by atoms with Gasteiger partial charge in [0.25, 0.3) is 0 Å². The number of nitrogens with one attached hydrogen (secondary N) is 1. The molecule has 0 radical (unpaired) electrons. The molecule has 0 spiro atoms. The van der Waals surface area contributed by atoms with E-state index in [1.165, 1.54) is 0 Å². The largest absolute Gasteiger partial charge is 0.467 e. The Hall–Kier alpha value is -2.63. The van der Waals surface area contributed by atoms with Crippen LogP contribution in [0.1, 0.15) is 0 Å². The number of hydrogen-bond donors (Lipinski definition) is 1. The lowest BCUT2D eigenvalue weighted by atomic mass is 10.1. The van der Waals surface area contributed by atoms with E-state index in [2.05, 4.69) is 20.3 Å². The molecule has 6 heteroatoms. The van der Waals surface area contributed by atoms with Crippen LogP contribution in [0.15, 0.2) is 36.7 Å². The van der Waals surface area contributed by atoms with Crippen molar-refractivity contribution in [3.8, 4) is 28.5 Å². The molecule has 0 aliphatic heterocycles. The number of aryl methyl sites for hydroxylation is 1. The Balaban J connectivity index is 1.93. The summed E-state index contributed by atoms with van der Waals surface area (Å²) >= 11 is 0. The molecule has 0 unspecified atom stereocenters. The lowest BCUT2D eigenvalue weighted by molar-refractivity contribution is 0.359. The number of nitrogens with zero attached hydrogens (tertiary/aromatic N) is 4. The molecule has 0 atom stereocenters. The van der Waals surface area contributed by atoms with E-state index in [1.54, 1.807) is 25.0 Å². The van der Waals surface area contributed by atoms with Crippen molar-refractivity contribution < 1.29 is 4.74 Å². The fourth-order valence-corrected chi connectivity index (χ4v) is 1.89. The van der Waals surface area contributed by atoms with Crippen LogP contribution in [-0.4, -0.2) is 32.1 Å². The summed E-state index contributed by atoms with van der Waals surface area (Å²) in [4.78, 5) is 4.30. The van der Waals surface area contributed by atoms with Crippen LogP contribution >= 0.6 is 0 Å². The molecule has 96 valence electrons. The van der Waals surface area contributed by atoms with Gasteiger partial charge in [-0.15, -0.1) is 5.10 Å². The molecule has 1 N–H and O–H groups in total. The summed E-state index contributed by atoms with van der Waals surface area (Å²) in [5, 5.41) is 11.0. The Morgan fingerprint density at radius 3 is 2.42 bits per heavy atom. The fraction of sp³-hybridized carbons (Fsp3) is 0.154. The summed E-state index contributed by atoms with van der Waals surface area (Å²) in [6, 6.07) is 8.49. The lowest BCUT2D eigenvalue weighted by Crippen LogP contribution is -1.95. The number of benzene rings is 1. The zero-order valence-corrected chi connectivity index (χ0v) is 10.7. The molecule has 2 aromatic heterocycles. The molecule has 0 bridgehead atoms. The number of ether oxygens (including phenoxy) is 1. The van der Waals surface area contributed by atoms with Gasteiger partial charge in [0.05, 0.1) is 13.3 Å². The molecule has 0 saturated carbocycles. The summed E-state index contributed by atoms with van der Waals surface area (Å²) in [5.41, 5.74) is 3.10. The zero-order chi connectivity index (χ0) is 13.2. The minimum absolute atomic E-state index is 0.494. The fourth-order valence-electron chi connectivity index (χ4n) is 1.89. The van der Waals surface area contributed by atoms with Crippen LogP contribution in [0.5, 0.6) is 6.01 Å². The van der Waals surface area contributed by atoms with Crippen molar-refractivity contribution in [1.29, 1.82) is 0 Å². The second kappa shape index (κ2) is 4.56. The predicted octanol–water partition coefficient (Wildman–Crippen LogP) is 1.88. The molecule has 6 nitrogen and oxygen atoms in total. The summed E-state index contributed by atoms with van der Waals surface area (Å²) < 4.78 is 6.72. The first kappa shape index (κ1) is 11.5. The monoisotopic (exact) mass is 255 g/mol. The highest BCUT2D eigenvalue weighted by molar-refractivity contribution is 5.66. The molecule has 3 aromatic rings. The summed E-state index contributed by atoms with van der Waals surface area (Å²) in [5.74, 6) is 0.651. The first-order valence-electron chi connectivity index (χ1n) is 5.82. The smallest absolute Gasteiger partial charge is 0.314 e. The second-order valence-electron chi connectivity index (χ2n) is 4.11. The third-order valence-electron chi connectivity index (χ3n) is 2.88. The maximum atomic E-state index is 5.11. The van der Waals surface area contributed by atoms with Crippen molar-refractivity contribution in [2.24, 2.45) is 7.05 Å². The van der Waals surface area contributed by atoms with Crippen LogP contribution in [0.4, 0.5) is 0 Å². The number of H-pyrrole nitrogens is 1. The molecule has 0 amide bonds. The average Bonchev–Trinajstić information content (AvgIpc) is 3.08. The van der Waals surface area contributed by atoms with Crippen LogP contribution in [0.3, 0.4) is 0 Å². The van der Waals surface area contributed by atoms with Crippen molar-refractivity contribution in [1.82, 2.24) is 25.0 Å². The minimum atomic E-state index is 0.494. The number of hydrogen-bond acceptors (Lipinski definition) is 4. The number of rotatable bonds is 3. The third-order valence-corrected chi connectivity index (χ3v) is 2.88. The van der Waals surface area contributed by atoms with Gasteiger partial charge in [-0.3, -0.25) is 5.10 Å². The highest BCUT2D eigenvalue weighted by Gasteiger charge is 2.09. The normalized spacial score (nSPS) is 10.6. The Labute approximate surface area is 110 Å². The van der Waals surface area contributed by atoms with Crippen LogP contribution in [-0.2, 0) is 7.05 Å². The van der Waals surface area contributed by atoms with Gasteiger partial charge in [0.1, 0.15) is 0 Å². The Bertz CT molecular complexity index is 670. The van der Waals surface area contributed by atoms with Gasteiger partial charge in [-0.2, -0.15) is 10.1 Å². The van der Waals surface area contributed by atoms with Gasteiger partial charge in [-0.25, -0.2) is 4.68 Å². The van der Waals surface area contributed by atoms with E-state index >= 15 is 0 Å². The molecule has 1 aromatic carbocycles. The Morgan fingerprint density at radius 2 is 1.84 bits per heavy atom. The van der Waals surface area contributed by atoms with Crippen LogP contribution in [0.2, 0.25) is 0 Å². The predicted molar refractivity (Wildman–Crippen MR) is 70.6 cm³/mol. The summed E-state index contributed by atoms with van der Waals surface area (Å²) in [7, 11) is 3.38. The van der Waals surface area contributed by atoms with Gasteiger partial charge in [0.15, 0.2) is 5.82 Å². The van der Waals surface area contributed by atoms with E-state index in [-0.39, 0.29) is 0 Å². The summed E-state index contributed by atoms with van der Waals surface area (Å²) in [6.07, 6.45) is 3.65. The maximum absolute atomic E-state index is 5.11. The molecule has 0 saturated heterocycles. The average molecular weight is 255 g/mol. The molecule has 3 rings (SSSR count). The van der Waals surface area contributed by atoms with Crippen LogP contribution in [0, 0.1) is 0 Å². The van der Waals surface area contributed by atoms with Gasteiger partial charge in [0, 0.05) is 24.4 Å². The molecule has 0 fully saturated rings. The highest BCUT2D eigenvalue weighted by atomic mass is 16.5. The third kappa shape index (κ3) is 2.08. The molecule has 0 aliphatic rings. The van der Waals surface area contributed by atoms with Crippen molar-refractivity contribution in [3.63, 3.8) is 0 Å². The molecular formula is C13H13N5O. The molecule has 19 heavy (non-hydrogen) atoms. The van der Waals surface area contributed by atoms with Crippen LogP contribution in [0.25, 0.3) is 22.5 Å². The van der Waals surface area contributed by atoms with Gasteiger partial charge in [-0.05, 0) is 5.56 Å². The standard InChI is InChI=1S/C13H13N5O/c1-18-13(19-2)16-12(17-18)10-5-3-9(4-6-10)11-7-14-15-8-11/h3-8H,1-2H3,(H,14,15). The van der Waals surface area contributed by atoms with E-state index in [4.69, 9.17) is 4.74 Å². The number of aromatic amines is 1. The topological polar surface area (TPSA) is 68.6 Å². The highest BCUT2D eigenvalue weighted by Crippen LogP contribution is 2.23. The van der Waals surface area contributed by atoms with E-state index in [9.17, 15) is 0 Å². The Kier molecular flexibility index (Phi) is 2.75. The van der Waals surface area contributed by atoms with E-state index < -0.39 is 0 Å². The van der Waals surface area contributed by atoms with Crippen molar-refractivity contribution in [3.05, 3.63) is 36.7 Å². The lowest BCUT2D eigenvalue weighted by Gasteiger charge is -1.98. The maximum Gasteiger partial charge on any atom is 0.314 e. The number of methoxy groups -OCH3 is 1. The molecule has 0 aliphatic carbocycles. The van der Waals surface area contributed by atoms with E-state index in [0.717, 1.165) is 16.7 Å². The second-order valence-corrected chi connectivity index (χ2v) is 4.11. The first-order chi connectivity index (χ1) is 9.28. The van der Waals surface area contributed by atoms with Crippen molar-refractivity contribution in [2.45, 2.75) is 0 Å². The van der Waals surface area contributed by atoms with Crippen molar-refractivity contribution >= 4 is 0 Å². The first-order valence-corrected chi connectivity index (χ1v) is 5.82. The van der Waals surface area contributed by atoms with Gasteiger partial charge < -0.3 is 4.74 Å². The van der Waals surface area contributed by atoms with E-state index in [0.29, 0.717) is 11.8 Å². The van der Waals surface area contributed by atoms with Crippen molar-refractivity contribution in [2.75, 3.05) is 7.11 Å². The summed E-state index contributed by atoms with van der Waals surface area (Å²) in [6.45, 7) is 0. The van der Waals surface area contributed by atoms with Gasteiger partial charge >= 0.3 is 6.01 Å². The van der Waals surface area contributed by atoms with Crippen LogP contribution < -0.4 is 4.74 Å². The SMILES string of the molecule is COc1nc(-c2ccc(-c3cn[nH]c3)cc2)nn1C. The number of aromatic nitrogens is 5. The van der Waals surface area contributed by atoms with E-state index in [1.807, 2.05) is 30.5 Å². The van der Waals surface area contributed by atoms with Gasteiger partial charge in [-0.1, -0.05) is 24.3 Å². The Morgan fingerprint density at radius 1 is 1.11 bits per heavy atom. The molecule has 2 heterocycles. The molecular weight excluding hydrogens is 242 g/mol.